The summed E-state index contributed by atoms with van der Waals surface area (Å²) in [6.45, 7) is -0.441. The number of carboxylic acid groups (broad SMARTS) is 1. The lowest BCUT2D eigenvalue weighted by Gasteiger charge is -2.13. The summed E-state index contributed by atoms with van der Waals surface area (Å²) >= 11 is 0. The second kappa shape index (κ2) is 5.96. The van der Waals surface area contributed by atoms with Gasteiger partial charge in [0.2, 0.25) is 5.91 Å². The van der Waals surface area contributed by atoms with Crippen molar-refractivity contribution in [3.8, 4) is 0 Å². The highest BCUT2D eigenvalue weighted by molar-refractivity contribution is 6.22. The Morgan fingerprint density at radius 3 is 2.17 bits per heavy atom. The number of hydrogen-bond donors (Lipinski definition) is 2. The third-order valence-corrected chi connectivity index (χ3v) is 3.57. The van der Waals surface area contributed by atoms with Gasteiger partial charge in [-0.1, -0.05) is 18.2 Å². The van der Waals surface area contributed by atoms with Crippen molar-refractivity contribution in [2.75, 3.05) is 11.9 Å². The molecule has 2 aromatic rings. The number of carbonyl (C=O) groups is 4. The van der Waals surface area contributed by atoms with E-state index in [2.05, 4.69) is 5.32 Å². The average Bonchev–Trinajstić information content (AvgIpc) is 2.80. The molecule has 0 radical (unpaired) electrons. The minimum Gasteiger partial charge on any atom is -0.478 e. The van der Waals surface area contributed by atoms with Crippen LogP contribution in [0.1, 0.15) is 31.1 Å². The molecule has 0 bridgehead atoms. The minimum absolute atomic E-state index is 0.0218. The second-order valence-electron chi connectivity index (χ2n) is 5.18. The summed E-state index contributed by atoms with van der Waals surface area (Å²) in [6.07, 6.45) is 0. The zero-order valence-corrected chi connectivity index (χ0v) is 12.4. The van der Waals surface area contributed by atoms with E-state index in [1.807, 2.05) is 0 Å². The summed E-state index contributed by atoms with van der Waals surface area (Å²) in [7, 11) is 0. The van der Waals surface area contributed by atoms with Gasteiger partial charge in [-0.15, -0.1) is 0 Å². The highest BCUT2D eigenvalue weighted by Gasteiger charge is 2.36. The van der Waals surface area contributed by atoms with E-state index >= 15 is 0 Å². The van der Waals surface area contributed by atoms with Gasteiger partial charge in [-0.25, -0.2) is 4.79 Å². The average molecular weight is 324 g/mol. The van der Waals surface area contributed by atoms with Crippen LogP contribution in [-0.4, -0.2) is 40.2 Å². The number of hydrogen-bond acceptors (Lipinski definition) is 4. The number of aromatic carboxylic acids is 1. The maximum atomic E-state index is 12.2. The molecular formula is C17H12N2O5. The van der Waals surface area contributed by atoms with Crippen LogP contribution in [0.25, 0.3) is 0 Å². The largest absolute Gasteiger partial charge is 0.478 e. The molecule has 24 heavy (non-hydrogen) atoms. The molecule has 0 aliphatic carbocycles. The van der Waals surface area contributed by atoms with Crippen LogP contribution in [0.15, 0.2) is 48.5 Å². The van der Waals surface area contributed by atoms with Gasteiger partial charge in [0, 0.05) is 5.69 Å². The third kappa shape index (κ3) is 2.74. The fourth-order valence-corrected chi connectivity index (χ4v) is 2.46. The summed E-state index contributed by atoms with van der Waals surface area (Å²) in [5, 5.41) is 11.4. The van der Waals surface area contributed by atoms with Gasteiger partial charge in [0.15, 0.2) is 0 Å². The van der Waals surface area contributed by atoms with E-state index < -0.39 is 30.2 Å². The molecule has 0 saturated heterocycles. The smallest absolute Gasteiger partial charge is 0.335 e. The van der Waals surface area contributed by atoms with Gasteiger partial charge in [-0.3, -0.25) is 19.3 Å². The Labute approximate surface area is 136 Å². The molecule has 0 unspecified atom stereocenters. The van der Waals surface area contributed by atoms with Crippen LogP contribution >= 0.6 is 0 Å². The van der Waals surface area contributed by atoms with E-state index in [9.17, 15) is 19.2 Å². The van der Waals surface area contributed by atoms with Crippen LogP contribution in [0, 0.1) is 0 Å². The summed E-state index contributed by atoms with van der Waals surface area (Å²) in [4.78, 5) is 48.2. The van der Waals surface area contributed by atoms with Crippen molar-refractivity contribution < 1.29 is 24.3 Å². The van der Waals surface area contributed by atoms with Gasteiger partial charge in [0.1, 0.15) is 6.54 Å². The molecule has 0 aromatic heterocycles. The molecule has 7 heteroatoms. The van der Waals surface area contributed by atoms with Crippen LogP contribution in [-0.2, 0) is 4.79 Å². The minimum atomic E-state index is -1.12. The molecule has 2 N–H and O–H groups in total. The molecule has 0 spiro atoms. The number of nitrogens with zero attached hydrogens (tertiary/aromatic N) is 1. The lowest BCUT2D eigenvalue weighted by Crippen LogP contribution is -2.37. The van der Waals surface area contributed by atoms with Crippen molar-refractivity contribution in [3.05, 3.63) is 65.2 Å². The standard InChI is InChI=1S/C17H12N2O5/c20-14(18-11-5-3-4-10(8-11)17(23)24)9-19-15(21)12-6-1-2-7-13(12)16(19)22/h1-8H,9H2,(H,18,20)(H,23,24). The number of nitrogens with one attached hydrogen (secondary N) is 1. The first-order valence-corrected chi connectivity index (χ1v) is 7.06. The predicted octanol–water partition coefficient (Wildman–Crippen LogP) is 1.62. The van der Waals surface area contributed by atoms with Crippen molar-refractivity contribution >= 4 is 29.4 Å². The molecule has 3 amide bonds. The molecule has 1 heterocycles. The summed E-state index contributed by atoms with van der Waals surface area (Å²) in [5.74, 6) is -2.76. The van der Waals surface area contributed by atoms with E-state index in [0.717, 1.165) is 4.90 Å². The maximum absolute atomic E-state index is 12.2. The van der Waals surface area contributed by atoms with Gasteiger partial charge in [0.25, 0.3) is 11.8 Å². The molecule has 0 fully saturated rings. The van der Waals surface area contributed by atoms with Crippen molar-refractivity contribution in [1.82, 2.24) is 4.90 Å². The quantitative estimate of drug-likeness (QED) is 0.832. The van der Waals surface area contributed by atoms with Gasteiger partial charge in [-0.05, 0) is 30.3 Å². The van der Waals surface area contributed by atoms with E-state index in [4.69, 9.17) is 5.11 Å². The molecule has 3 rings (SSSR count). The molecule has 0 atom stereocenters. The number of carbonyl (C=O) groups excluding carboxylic acids is 3. The van der Waals surface area contributed by atoms with E-state index in [1.165, 1.54) is 36.4 Å². The van der Waals surface area contributed by atoms with Crippen LogP contribution in [0.5, 0.6) is 0 Å². The fourth-order valence-electron chi connectivity index (χ4n) is 2.46. The summed E-state index contributed by atoms with van der Waals surface area (Å²) < 4.78 is 0. The summed E-state index contributed by atoms with van der Waals surface area (Å²) in [6, 6.07) is 12.0. The Balaban J connectivity index is 1.72. The highest BCUT2D eigenvalue weighted by Crippen LogP contribution is 2.22. The highest BCUT2D eigenvalue weighted by atomic mass is 16.4. The van der Waals surface area contributed by atoms with Crippen molar-refractivity contribution in [1.29, 1.82) is 0 Å². The van der Waals surface area contributed by atoms with Crippen LogP contribution in [0.3, 0.4) is 0 Å². The molecule has 1 aliphatic heterocycles. The maximum Gasteiger partial charge on any atom is 0.335 e. The number of anilines is 1. The molecule has 7 nitrogen and oxygen atoms in total. The lowest BCUT2D eigenvalue weighted by atomic mass is 10.1. The first-order valence-electron chi connectivity index (χ1n) is 7.06. The van der Waals surface area contributed by atoms with Gasteiger partial charge >= 0.3 is 5.97 Å². The number of fused-ring (bicyclic) bond motifs is 1. The SMILES string of the molecule is O=C(CN1C(=O)c2ccccc2C1=O)Nc1cccc(C(=O)O)c1. The predicted molar refractivity (Wildman–Crippen MR) is 83.8 cm³/mol. The third-order valence-electron chi connectivity index (χ3n) is 3.57. The van der Waals surface area contributed by atoms with Crippen LogP contribution < -0.4 is 5.32 Å². The summed E-state index contributed by atoms with van der Waals surface area (Å²) in [5.41, 5.74) is 0.830. The van der Waals surface area contributed by atoms with Crippen molar-refractivity contribution in [3.63, 3.8) is 0 Å². The zero-order valence-electron chi connectivity index (χ0n) is 12.4. The van der Waals surface area contributed by atoms with E-state index in [1.54, 1.807) is 12.1 Å². The Morgan fingerprint density at radius 1 is 0.958 bits per heavy atom. The van der Waals surface area contributed by atoms with Gasteiger partial charge in [0.05, 0.1) is 16.7 Å². The number of amides is 3. The van der Waals surface area contributed by atoms with Gasteiger partial charge in [-0.2, -0.15) is 0 Å². The number of carboxylic acids is 1. The number of imide groups is 1. The second-order valence-corrected chi connectivity index (χ2v) is 5.18. The first-order chi connectivity index (χ1) is 11.5. The molecular weight excluding hydrogens is 312 g/mol. The first kappa shape index (κ1) is 15.4. The Kier molecular flexibility index (Phi) is 3.83. The topological polar surface area (TPSA) is 104 Å². The molecule has 0 saturated carbocycles. The Bertz CT molecular complexity index is 840. The normalized spacial score (nSPS) is 12.9. The van der Waals surface area contributed by atoms with E-state index in [-0.39, 0.29) is 22.4 Å². The van der Waals surface area contributed by atoms with Crippen molar-refractivity contribution in [2.45, 2.75) is 0 Å². The van der Waals surface area contributed by atoms with Crippen LogP contribution in [0.4, 0.5) is 5.69 Å². The number of rotatable bonds is 4. The monoisotopic (exact) mass is 324 g/mol. The molecule has 1 aliphatic rings. The van der Waals surface area contributed by atoms with Crippen molar-refractivity contribution in [2.24, 2.45) is 0 Å². The Morgan fingerprint density at radius 2 is 1.58 bits per heavy atom. The fraction of sp³-hybridized carbons (Fsp3) is 0.0588. The Hall–Kier alpha value is -3.48. The van der Waals surface area contributed by atoms with Crippen LogP contribution in [0.2, 0.25) is 0 Å². The van der Waals surface area contributed by atoms with E-state index in [0.29, 0.717) is 0 Å². The molecule has 120 valence electrons. The molecule has 2 aromatic carbocycles. The van der Waals surface area contributed by atoms with Gasteiger partial charge < -0.3 is 10.4 Å². The zero-order chi connectivity index (χ0) is 17.3. The lowest BCUT2D eigenvalue weighted by molar-refractivity contribution is -0.116. The number of benzene rings is 2.